The second-order valence-corrected chi connectivity index (χ2v) is 12.3. The highest BCUT2D eigenvalue weighted by Gasteiger charge is 2.49. The van der Waals surface area contributed by atoms with Crippen LogP contribution in [0.3, 0.4) is 0 Å². The lowest BCUT2D eigenvalue weighted by Gasteiger charge is -2.46. The summed E-state index contributed by atoms with van der Waals surface area (Å²) in [6.45, 7) is 4.86. The van der Waals surface area contributed by atoms with E-state index < -0.39 is 59.4 Å². The molecule has 6 rings (SSSR count). The van der Waals surface area contributed by atoms with Gasteiger partial charge in [-0.25, -0.2) is 0 Å². The van der Waals surface area contributed by atoms with Gasteiger partial charge in [0.05, 0.1) is 53.8 Å². The number of phenols is 2. The number of aromatic hydroxyl groups is 2. The number of nitrogens with zero attached hydrogens (tertiary/aromatic N) is 1. The Hall–Kier alpha value is -3.06. The summed E-state index contributed by atoms with van der Waals surface area (Å²) in [7, 11) is 1.37. The van der Waals surface area contributed by atoms with Gasteiger partial charge < -0.3 is 39.7 Å². The van der Waals surface area contributed by atoms with Crippen molar-refractivity contribution in [3.8, 4) is 17.2 Å². The lowest BCUT2D eigenvalue weighted by molar-refractivity contribution is -0.262. The quantitative estimate of drug-likeness (QED) is 0.274. The van der Waals surface area contributed by atoms with E-state index in [2.05, 4.69) is 4.90 Å². The van der Waals surface area contributed by atoms with E-state index in [1.165, 1.54) is 26.2 Å². The van der Waals surface area contributed by atoms with Crippen LogP contribution in [0, 0.1) is 0 Å². The van der Waals surface area contributed by atoms with E-state index >= 15 is 0 Å². The second kappa shape index (κ2) is 11.1. The van der Waals surface area contributed by atoms with Gasteiger partial charge >= 0.3 is 0 Å². The van der Waals surface area contributed by atoms with Gasteiger partial charge in [-0.2, -0.15) is 0 Å². The summed E-state index contributed by atoms with van der Waals surface area (Å²) in [5.74, 6) is -2.30. The molecule has 0 spiro atoms. The number of piperidine rings is 1. The third-order valence-corrected chi connectivity index (χ3v) is 9.73. The van der Waals surface area contributed by atoms with Crippen LogP contribution in [-0.2, 0) is 15.9 Å². The Morgan fingerprint density at radius 3 is 2.42 bits per heavy atom. The molecule has 7 atom stereocenters. The monoisotopic (exact) mass is 597 g/mol. The molecule has 0 aromatic heterocycles. The van der Waals surface area contributed by atoms with E-state index in [0.29, 0.717) is 6.42 Å². The predicted octanol–water partition coefficient (Wildman–Crippen LogP) is 2.35. The van der Waals surface area contributed by atoms with Crippen LogP contribution in [0.25, 0.3) is 0 Å². The van der Waals surface area contributed by atoms with Crippen molar-refractivity contribution in [1.29, 1.82) is 0 Å². The molecule has 2 fully saturated rings. The molecule has 2 aromatic carbocycles. The normalized spacial score (nSPS) is 31.6. The average molecular weight is 598 g/mol. The Kier molecular flexibility index (Phi) is 7.77. The van der Waals surface area contributed by atoms with Gasteiger partial charge in [0.1, 0.15) is 17.2 Å². The average Bonchev–Trinajstić information content (AvgIpc) is 2.99. The number of ether oxygens (including phenoxy) is 3. The molecule has 232 valence electrons. The molecule has 2 aliphatic carbocycles. The van der Waals surface area contributed by atoms with Crippen molar-refractivity contribution in [3.05, 3.63) is 51.6 Å². The minimum atomic E-state index is -1.79. The first-order valence-corrected chi connectivity index (χ1v) is 15.0. The highest BCUT2D eigenvalue weighted by molar-refractivity contribution is 6.31. The molecule has 2 aromatic rings. The van der Waals surface area contributed by atoms with Crippen LogP contribution >= 0.6 is 0 Å². The van der Waals surface area contributed by atoms with Crippen molar-refractivity contribution in [2.45, 2.75) is 94.7 Å². The smallest absolute Gasteiger partial charge is 0.202 e. The molecule has 7 unspecified atom stereocenters. The first kappa shape index (κ1) is 30.0. The van der Waals surface area contributed by atoms with Crippen LogP contribution in [-0.4, -0.2) is 98.4 Å². The molecular weight excluding hydrogens is 558 g/mol. The van der Waals surface area contributed by atoms with Gasteiger partial charge in [0, 0.05) is 42.0 Å². The summed E-state index contributed by atoms with van der Waals surface area (Å²) in [4.78, 5) is 29.7. The highest BCUT2D eigenvalue weighted by atomic mass is 16.7. The van der Waals surface area contributed by atoms with Crippen molar-refractivity contribution >= 4 is 11.6 Å². The zero-order valence-electron chi connectivity index (χ0n) is 24.6. The Morgan fingerprint density at radius 2 is 1.74 bits per heavy atom. The number of hydrogen-bond donors (Lipinski definition) is 5. The molecule has 0 radical (unpaired) electrons. The van der Waals surface area contributed by atoms with Gasteiger partial charge in [-0.15, -0.1) is 0 Å². The number of hydrogen-bond acceptors (Lipinski definition) is 11. The Morgan fingerprint density at radius 1 is 1.05 bits per heavy atom. The first-order chi connectivity index (χ1) is 20.5. The fourth-order valence-electron chi connectivity index (χ4n) is 7.29. The summed E-state index contributed by atoms with van der Waals surface area (Å²) in [6, 6.07) is 4.30. The number of carbonyl (C=O) groups is 2. The second-order valence-electron chi connectivity index (χ2n) is 12.3. The first-order valence-electron chi connectivity index (χ1n) is 15.0. The molecule has 2 heterocycles. The molecule has 11 nitrogen and oxygen atoms in total. The minimum absolute atomic E-state index is 0.0138. The minimum Gasteiger partial charge on any atom is -0.507 e. The zero-order valence-corrected chi connectivity index (χ0v) is 24.6. The van der Waals surface area contributed by atoms with Gasteiger partial charge in [0.25, 0.3) is 0 Å². The molecule has 0 amide bonds. The third kappa shape index (κ3) is 4.83. The number of phenolic OH excluding ortho intramolecular Hbond substituents is 2. The SMILES string of the molecule is COc1cccc2c1C(=O)c1c(O)c3c(c(O)c1C2=O)CC(O)(C(C)O)CC3OC1CC(N2CCCCC2)C(O)C(C)O1. The van der Waals surface area contributed by atoms with E-state index in [1.54, 1.807) is 13.0 Å². The number of fused-ring (bicyclic) bond motifs is 3. The van der Waals surface area contributed by atoms with Gasteiger partial charge in [0.2, 0.25) is 5.78 Å². The van der Waals surface area contributed by atoms with Crippen molar-refractivity contribution in [3.63, 3.8) is 0 Å². The van der Waals surface area contributed by atoms with Crippen molar-refractivity contribution in [2.24, 2.45) is 0 Å². The lowest BCUT2D eigenvalue weighted by atomic mass is 9.71. The molecular formula is C32H39NO10. The molecule has 11 heteroatoms. The van der Waals surface area contributed by atoms with E-state index in [4.69, 9.17) is 14.2 Å². The number of rotatable bonds is 5. The van der Waals surface area contributed by atoms with E-state index in [0.717, 1.165) is 32.4 Å². The fourth-order valence-corrected chi connectivity index (χ4v) is 7.29. The number of carbonyl (C=O) groups excluding carboxylic acids is 2. The van der Waals surface area contributed by atoms with Gasteiger partial charge in [-0.3, -0.25) is 14.5 Å². The summed E-state index contributed by atoms with van der Waals surface area (Å²) in [5, 5.41) is 56.3. The van der Waals surface area contributed by atoms with Gasteiger partial charge in [-0.05, 0) is 45.8 Å². The maximum Gasteiger partial charge on any atom is 0.202 e. The summed E-state index contributed by atoms with van der Waals surface area (Å²) in [5.41, 5.74) is -2.45. The molecule has 2 aliphatic heterocycles. The Labute approximate surface area is 249 Å². The largest absolute Gasteiger partial charge is 0.507 e. The molecule has 0 bridgehead atoms. The predicted molar refractivity (Wildman–Crippen MR) is 153 cm³/mol. The number of aliphatic hydroxyl groups excluding tert-OH is 2. The maximum atomic E-state index is 13.8. The lowest BCUT2D eigenvalue weighted by Crippen LogP contribution is -2.56. The van der Waals surface area contributed by atoms with Crippen molar-refractivity contribution in [1.82, 2.24) is 4.90 Å². The molecule has 5 N–H and O–H groups in total. The summed E-state index contributed by atoms with van der Waals surface area (Å²) >= 11 is 0. The van der Waals surface area contributed by atoms with Crippen molar-refractivity contribution < 1.29 is 49.3 Å². The standard InChI is InChI=1S/C32H39NO10/c1-15-27(35)19(33-10-5-4-6-11-33)12-22(42-15)43-21-14-32(40,16(2)34)13-18-24(21)31(39)26-25(29(18)37)28(36)17-8-7-9-20(41-3)23(17)30(26)38/h7-9,15-16,19,21-22,27,34-35,37,39-40H,4-6,10-14H2,1-3H3. The maximum absolute atomic E-state index is 13.8. The van der Waals surface area contributed by atoms with Crippen LogP contribution in [0.15, 0.2) is 18.2 Å². The molecule has 43 heavy (non-hydrogen) atoms. The molecule has 4 aliphatic rings. The summed E-state index contributed by atoms with van der Waals surface area (Å²) in [6.07, 6.45) is -1.55. The Balaban J connectivity index is 1.44. The summed E-state index contributed by atoms with van der Waals surface area (Å²) < 4.78 is 17.8. The molecule has 0 saturated carbocycles. The van der Waals surface area contributed by atoms with Crippen LogP contribution in [0.4, 0.5) is 0 Å². The Bertz CT molecular complexity index is 1450. The highest BCUT2D eigenvalue weighted by Crippen LogP contribution is 2.53. The van der Waals surface area contributed by atoms with E-state index in [-0.39, 0.29) is 58.0 Å². The topological polar surface area (TPSA) is 166 Å². The van der Waals surface area contributed by atoms with Crippen LogP contribution in [0.2, 0.25) is 0 Å². The van der Waals surface area contributed by atoms with Crippen LogP contribution < -0.4 is 4.74 Å². The number of benzene rings is 2. The fraction of sp³-hybridized carbons (Fsp3) is 0.562. The number of aliphatic hydroxyl groups is 3. The third-order valence-electron chi connectivity index (χ3n) is 9.73. The number of ketones is 2. The number of likely N-dealkylation sites (tertiary alicyclic amines) is 1. The van der Waals surface area contributed by atoms with Crippen LogP contribution in [0.1, 0.15) is 95.0 Å². The zero-order chi connectivity index (χ0) is 30.8. The van der Waals surface area contributed by atoms with Gasteiger partial charge in [-0.1, -0.05) is 18.6 Å². The van der Waals surface area contributed by atoms with E-state index in [9.17, 15) is 35.1 Å². The molecule has 2 saturated heterocycles. The number of methoxy groups -OCH3 is 1. The van der Waals surface area contributed by atoms with Gasteiger partial charge in [0.15, 0.2) is 12.1 Å². The van der Waals surface area contributed by atoms with Crippen molar-refractivity contribution in [2.75, 3.05) is 20.2 Å². The van der Waals surface area contributed by atoms with Crippen LogP contribution in [0.5, 0.6) is 17.2 Å². The van der Waals surface area contributed by atoms with E-state index in [1.807, 2.05) is 0 Å².